The lowest BCUT2D eigenvalue weighted by Crippen LogP contribution is -2.43. The highest BCUT2D eigenvalue weighted by molar-refractivity contribution is 5.79. The van der Waals surface area contributed by atoms with Crippen molar-refractivity contribution in [1.29, 1.82) is 0 Å². The average molecular weight is 293 g/mol. The van der Waals surface area contributed by atoms with Gasteiger partial charge in [-0.3, -0.25) is 4.79 Å². The number of ether oxygens (including phenoxy) is 3. The van der Waals surface area contributed by atoms with Crippen LogP contribution in [0.15, 0.2) is 12.1 Å². The van der Waals surface area contributed by atoms with Crippen LogP contribution in [0, 0.1) is 0 Å². The smallest absolute Gasteiger partial charge is 0.220 e. The number of hydrogen-bond acceptors (Lipinski definition) is 4. The predicted molar refractivity (Wildman–Crippen MR) is 80.2 cm³/mol. The predicted octanol–water partition coefficient (Wildman–Crippen LogP) is 2.31. The van der Waals surface area contributed by atoms with Crippen LogP contribution in [-0.4, -0.2) is 32.8 Å². The highest BCUT2D eigenvalue weighted by Crippen LogP contribution is 2.42. The van der Waals surface area contributed by atoms with E-state index in [0.29, 0.717) is 23.7 Å². The molecule has 1 aliphatic rings. The molecular weight excluding hydrogens is 270 g/mol. The molecule has 21 heavy (non-hydrogen) atoms. The van der Waals surface area contributed by atoms with E-state index in [0.717, 1.165) is 24.8 Å². The fourth-order valence-electron chi connectivity index (χ4n) is 2.96. The van der Waals surface area contributed by atoms with Crippen LogP contribution in [0.1, 0.15) is 31.7 Å². The highest BCUT2D eigenvalue weighted by Gasteiger charge is 2.37. The Balaban J connectivity index is 2.37. The third-order valence-electron chi connectivity index (χ3n) is 4.23. The van der Waals surface area contributed by atoms with Crippen LogP contribution in [0.5, 0.6) is 17.2 Å². The lowest BCUT2D eigenvalue weighted by molar-refractivity contribution is -0.119. The van der Waals surface area contributed by atoms with Crippen molar-refractivity contribution in [3.63, 3.8) is 0 Å². The summed E-state index contributed by atoms with van der Waals surface area (Å²) in [6.07, 6.45) is 3.04. The van der Waals surface area contributed by atoms with Crippen molar-refractivity contribution in [3.05, 3.63) is 17.7 Å². The van der Waals surface area contributed by atoms with Crippen molar-refractivity contribution in [3.8, 4) is 17.2 Å². The van der Waals surface area contributed by atoms with Crippen molar-refractivity contribution >= 4 is 5.91 Å². The standard InChI is InChI=1S/C16H23NO4/c1-5-16(9-8-13(18)17-16)10-11-6-7-12(19-2)15(21-4)14(11)20-3/h6-7H,5,8-10H2,1-4H3,(H,17,18). The number of methoxy groups -OCH3 is 3. The molecule has 116 valence electrons. The van der Waals surface area contributed by atoms with E-state index in [1.807, 2.05) is 12.1 Å². The molecule has 1 aromatic carbocycles. The quantitative estimate of drug-likeness (QED) is 0.874. The first-order valence-electron chi connectivity index (χ1n) is 7.18. The molecule has 0 bridgehead atoms. The number of benzene rings is 1. The zero-order chi connectivity index (χ0) is 15.5. The second-order valence-corrected chi connectivity index (χ2v) is 5.35. The van der Waals surface area contributed by atoms with Gasteiger partial charge >= 0.3 is 0 Å². The van der Waals surface area contributed by atoms with Gasteiger partial charge in [-0.1, -0.05) is 13.0 Å². The van der Waals surface area contributed by atoms with Crippen LogP contribution < -0.4 is 19.5 Å². The molecule has 1 unspecified atom stereocenters. The SMILES string of the molecule is CCC1(Cc2ccc(OC)c(OC)c2OC)CCC(=O)N1. The van der Waals surface area contributed by atoms with Crippen LogP contribution in [0.3, 0.4) is 0 Å². The molecular formula is C16H23NO4. The summed E-state index contributed by atoms with van der Waals surface area (Å²) in [7, 11) is 4.81. The lowest BCUT2D eigenvalue weighted by atomic mass is 9.86. The minimum absolute atomic E-state index is 0.122. The maximum atomic E-state index is 11.6. The highest BCUT2D eigenvalue weighted by atomic mass is 16.5. The Kier molecular flexibility index (Phi) is 4.60. The molecule has 1 aliphatic heterocycles. The van der Waals surface area contributed by atoms with Crippen molar-refractivity contribution in [2.45, 2.75) is 38.1 Å². The summed E-state index contributed by atoms with van der Waals surface area (Å²) in [5.74, 6) is 2.02. The number of carbonyl (C=O) groups is 1. The van der Waals surface area contributed by atoms with Crippen LogP contribution in [0.4, 0.5) is 0 Å². The van der Waals surface area contributed by atoms with Crippen LogP contribution in [0.25, 0.3) is 0 Å². The number of nitrogens with one attached hydrogen (secondary N) is 1. The first kappa shape index (κ1) is 15.5. The van der Waals surface area contributed by atoms with Gasteiger partial charge in [0.25, 0.3) is 0 Å². The molecule has 1 fully saturated rings. The molecule has 1 atom stereocenters. The first-order valence-corrected chi connectivity index (χ1v) is 7.18. The summed E-state index contributed by atoms with van der Waals surface area (Å²) in [4.78, 5) is 11.6. The van der Waals surface area contributed by atoms with Gasteiger partial charge in [0.15, 0.2) is 11.5 Å². The molecule has 2 rings (SSSR count). The summed E-state index contributed by atoms with van der Waals surface area (Å²) < 4.78 is 16.2. The summed E-state index contributed by atoms with van der Waals surface area (Å²) in [5.41, 5.74) is 0.823. The number of hydrogen-bond donors (Lipinski definition) is 1. The molecule has 1 aromatic rings. The third kappa shape index (κ3) is 2.91. The van der Waals surface area contributed by atoms with Crippen molar-refractivity contribution < 1.29 is 19.0 Å². The number of amides is 1. The molecule has 0 radical (unpaired) electrons. The van der Waals surface area contributed by atoms with Gasteiger partial charge in [0, 0.05) is 17.5 Å². The molecule has 0 saturated carbocycles. The molecule has 1 heterocycles. The summed E-state index contributed by atoms with van der Waals surface area (Å²) in [5, 5.41) is 3.12. The van der Waals surface area contributed by atoms with E-state index in [4.69, 9.17) is 14.2 Å². The molecule has 5 heteroatoms. The fourth-order valence-corrected chi connectivity index (χ4v) is 2.96. The molecule has 0 spiro atoms. The fraction of sp³-hybridized carbons (Fsp3) is 0.562. The maximum absolute atomic E-state index is 11.6. The van der Waals surface area contributed by atoms with E-state index < -0.39 is 0 Å². The molecule has 0 aromatic heterocycles. The normalized spacial score (nSPS) is 21.0. The van der Waals surface area contributed by atoms with E-state index in [1.54, 1.807) is 21.3 Å². The largest absolute Gasteiger partial charge is 0.493 e. The lowest BCUT2D eigenvalue weighted by Gasteiger charge is -2.29. The Bertz CT molecular complexity index is 529. The second kappa shape index (κ2) is 6.24. The van der Waals surface area contributed by atoms with Gasteiger partial charge in [-0.05, 0) is 25.3 Å². The van der Waals surface area contributed by atoms with Crippen LogP contribution in [-0.2, 0) is 11.2 Å². The first-order chi connectivity index (χ1) is 10.1. The Morgan fingerprint density at radius 3 is 2.33 bits per heavy atom. The molecule has 1 amide bonds. The molecule has 1 N–H and O–H groups in total. The van der Waals surface area contributed by atoms with Gasteiger partial charge in [0.05, 0.1) is 21.3 Å². The van der Waals surface area contributed by atoms with Gasteiger partial charge < -0.3 is 19.5 Å². The number of carbonyl (C=O) groups excluding carboxylic acids is 1. The van der Waals surface area contributed by atoms with E-state index >= 15 is 0 Å². The van der Waals surface area contributed by atoms with E-state index in [9.17, 15) is 4.79 Å². The van der Waals surface area contributed by atoms with Gasteiger partial charge in [-0.25, -0.2) is 0 Å². The zero-order valence-corrected chi connectivity index (χ0v) is 13.1. The van der Waals surface area contributed by atoms with Crippen LogP contribution >= 0.6 is 0 Å². The number of rotatable bonds is 6. The Labute approximate surface area is 125 Å². The van der Waals surface area contributed by atoms with Gasteiger partial charge in [0.1, 0.15) is 0 Å². The minimum atomic E-state index is -0.191. The Morgan fingerprint density at radius 2 is 1.86 bits per heavy atom. The Hall–Kier alpha value is -1.91. The monoisotopic (exact) mass is 293 g/mol. The van der Waals surface area contributed by atoms with Crippen molar-refractivity contribution in [2.75, 3.05) is 21.3 Å². The van der Waals surface area contributed by atoms with Crippen LogP contribution in [0.2, 0.25) is 0 Å². The summed E-state index contributed by atoms with van der Waals surface area (Å²) in [6, 6.07) is 3.85. The van der Waals surface area contributed by atoms with Gasteiger partial charge in [-0.2, -0.15) is 0 Å². The van der Waals surface area contributed by atoms with Gasteiger partial charge in [-0.15, -0.1) is 0 Å². The zero-order valence-electron chi connectivity index (χ0n) is 13.1. The summed E-state index contributed by atoms with van der Waals surface area (Å²) >= 11 is 0. The van der Waals surface area contributed by atoms with Crippen molar-refractivity contribution in [2.24, 2.45) is 0 Å². The van der Waals surface area contributed by atoms with E-state index in [1.165, 1.54) is 0 Å². The summed E-state index contributed by atoms with van der Waals surface area (Å²) in [6.45, 7) is 2.10. The topological polar surface area (TPSA) is 56.8 Å². The molecule has 1 saturated heterocycles. The third-order valence-corrected chi connectivity index (χ3v) is 4.23. The second-order valence-electron chi connectivity index (χ2n) is 5.35. The van der Waals surface area contributed by atoms with Gasteiger partial charge in [0.2, 0.25) is 11.7 Å². The average Bonchev–Trinajstić information content (AvgIpc) is 2.88. The Morgan fingerprint density at radius 1 is 1.14 bits per heavy atom. The minimum Gasteiger partial charge on any atom is -0.493 e. The molecule has 0 aliphatic carbocycles. The molecule has 5 nitrogen and oxygen atoms in total. The van der Waals surface area contributed by atoms with E-state index in [2.05, 4.69) is 12.2 Å². The maximum Gasteiger partial charge on any atom is 0.220 e. The van der Waals surface area contributed by atoms with E-state index in [-0.39, 0.29) is 11.4 Å². The van der Waals surface area contributed by atoms with Crippen molar-refractivity contribution in [1.82, 2.24) is 5.32 Å².